The van der Waals surface area contributed by atoms with Crippen LogP contribution < -0.4 is 14.8 Å². The third-order valence-electron chi connectivity index (χ3n) is 6.19. The molecule has 1 aliphatic heterocycles. The van der Waals surface area contributed by atoms with E-state index in [1.165, 1.54) is 31.4 Å². The Morgan fingerprint density at radius 3 is 2.61 bits per heavy atom. The molecule has 36 heavy (non-hydrogen) atoms. The second-order valence-corrected chi connectivity index (χ2v) is 9.02. The number of nitrogens with one attached hydrogen (secondary N) is 1. The fourth-order valence-corrected chi connectivity index (χ4v) is 4.70. The molecule has 2 fully saturated rings. The Hall–Kier alpha value is -3.85. The smallest absolute Gasteiger partial charge is 0.335 e. The van der Waals surface area contributed by atoms with Gasteiger partial charge in [-0.1, -0.05) is 43.0 Å². The van der Waals surface area contributed by atoms with E-state index >= 15 is 0 Å². The van der Waals surface area contributed by atoms with Crippen LogP contribution in [0.5, 0.6) is 11.5 Å². The standard InChI is InChI=1S/C26H25ClN2O7/c1-35-21-13-16(12-20(27)22(21)36-14-15-6-5-7-17(10-15)25(32)33)11-19-23(30)28-26(34)29(24(19)31)18-8-3-2-4-9-18/h5-7,10-13,18H,2-4,8-9,14H2,1H3,(H,32,33)(H,28,30,34). The van der Waals surface area contributed by atoms with E-state index in [2.05, 4.69) is 5.32 Å². The fourth-order valence-electron chi connectivity index (χ4n) is 4.42. The van der Waals surface area contributed by atoms with Crippen molar-refractivity contribution in [3.05, 3.63) is 63.7 Å². The van der Waals surface area contributed by atoms with Crippen LogP contribution in [0, 0.1) is 0 Å². The molecule has 2 aromatic carbocycles. The summed E-state index contributed by atoms with van der Waals surface area (Å²) in [5, 5.41) is 11.6. The molecule has 0 radical (unpaired) electrons. The number of urea groups is 1. The van der Waals surface area contributed by atoms with E-state index in [0.29, 0.717) is 24.0 Å². The summed E-state index contributed by atoms with van der Waals surface area (Å²) in [6.45, 7) is 0.0387. The van der Waals surface area contributed by atoms with Crippen molar-refractivity contribution in [3.8, 4) is 11.5 Å². The van der Waals surface area contributed by atoms with Crippen molar-refractivity contribution < 1.29 is 33.8 Å². The molecule has 0 unspecified atom stereocenters. The number of carboxylic acid groups (broad SMARTS) is 1. The minimum absolute atomic E-state index is 0.0387. The lowest BCUT2D eigenvalue weighted by Gasteiger charge is -2.35. The third-order valence-corrected chi connectivity index (χ3v) is 6.47. The highest BCUT2D eigenvalue weighted by Crippen LogP contribution is 2.38. The Kier molecular flexibility index (Phi) is 7.59. The van der Waals surface area contributed by atoms with Crippen molar-refractivity contribution in [2.24, 2.45) is 0 Å². The van der Waals surface area contributed by atoms with Crippen LogP contribution >= 0.6 is 11.6 Å². The van der Waals surface area contributed by atoms with Crippen molar-refractivity contribution in [2.45, 2.75) is 44.8 Å². The zero-order chi connectivity index (χ0) is 25.8. The van der Waals surface area contributed by atoms with Gasteiger partial charge in [0.15, 0.2) is 11.5 Å². The van der Waals surface area contributed by atoms with Crippen LogP contribution in [0.4, 0.5) is 4.79 Å². The Balaban J connectivity index is 1.58. The molecule has 0 bridgehead atoms. The summed E-state index contributed by atoms with van der Waals surface area (Å²) in [7, 11) is 1.42. The molecule has 4 amide bonds. The van der Waals surface area contributed by atoms with Gasteiger partial charge in [0.25, 0.3) is 11.8 Å². The van der Waals surface area contributed by atoms with Crippen LogP contribution in [0.3, 0.4) is 0 Å². The van der Waals surface area contributed by atoms with Crippen LogP contribution in [0.1, 0.15) is 53.6 Å². The quantitative estimate of drug-likeness (QED) is 0.416. The number of aromatic carboxylic acids is 1. The molecular weight excluding hydrogens is 488 g/mol. The molecule has 0 atom stereocenters. The number of amides is 4. The predicted molar refractivity (Wildman–Crippen MR) is 131 cm³/mol. The van der Waals surface area contributed by atoms with E-state index in [0.717, 1.165) is 24.2 Å². The number of carbonyl (C=O) groups excluding carboxylic acids is 3. The summed E-state index contributed by atoms with van der Waals surface area (Å²) in [4.78, 5) is 50.4. The van der Waals surface area contributed by atoms with Crippen LogP contribution in [0.2, 0.25) is 5.02 Å². The average molecular weight is 513 g/mol. The highest BCUT2D eigenvalue weighted by atomic mass is 35.5. The van der Waals surface area contributed by atoms with Gasteiger partial charge in [-0.3, -0.25) is 19.8 Å². The molecule has 4 rings (SSSR count). The lowest BCUT2D eigenvalue weighted by Crippen LogP contribution is -2.58. The predicted octanol–water partition coefficient (Wildman–Crippen LogP) is 4.42. The number of benzene rings is 2. The van der Waals surface area contributed by atoms with Crippen molar-refractivity contribution in [2.75, 3.05) is 7.11 Å². The van der Waals surface area contributed by atoms with Gasteiger partial charge in [-0.15, -0.1) is 0 Å². The minimum atomic E-state index is -1.05. The molecule has 0 aromatic heterocycles. The summed E-state index contributed by atoms with van der Waals surface area (Å²) in [6, 6.07) is 8.45. The summed E-state index contributed by atoms with van der Waals surface area (Å²) >= 11 is 6.45. The largest absolute Gasteiger partial charge is 0.493 e. The van der Waals surface area contributed by atoms with E-state index in [4.69, 9.17) is 26.2 Å². The van der Waals surface area contributed by atoms with Gasteiger partial charge >= 0.3 is 12.0 Å². The number of carboxylic acids is 1. The topological polar surface area (TPSA) is 122 Å². The number of hydrogen-bond donors (Lipinski definition) is 2. The highest BCUT2D eigenvalue weighted by Gasteiger charge is 2.40. The number of imide groups is 2. The molecule has 2 aliphatic rings. The number of barbiturate groups is 1. The molecule has 0 spiro atoms. The molecule has 1 aliphatic carbocycles. The van der Waals surface area contributed by atoms with E-state index in [9.17, 15) is 19.2 Å². The van der Waals surface area contributed by atoms with Crippen molar-refractivity contribution in [3.63, 3.8) is 0 Å². The van der Waals surface area contributed by atoms with Crippen LogP contribution in [-0.2, 0) is 16.2 Å². The Bertz CT molecular complexity index is 1250. The van der Waals surface area contributed by atoms with E-state index in [1.54, 1.807) is 18.2 Å². The van der Waals surface area contributed by atoms with Gasteiger partial charge < -0.3 is 14.6 Å². The van der Waals surface area contributed by atoms with E-state index < -0.39 is 23.8 Å². The summed E-state index contributed by atoms with van der Waals surface area (Å²) in [6.07, 6.45) is 5.69. The third kappa shape index (κ3) is 5.36. The van der Waals surface area contributed by atoms with Gasteiger partial charge in [-0.05, 0) is 54.3 Å². The average Bonchev–Trinajstić information content (AvgIpc) is 2.86. The monoisotopic (exact) mass is 512 g/mol. The molecule has 2 N–H and O–H groups in total. The van der Waals surface area contributed by atoms with Gasteiger partial charge in [0.05, 0.1) is 17.7 Å². The first-order valence-electron chi connectivity index (χ1n) is 11.5. The summed E-state index contributed by atoms with van der Waals surface area (Å²) in [5.74, 6) is -1.97. The molecule has 9 nitrogen and oxygen atoms in total. The lowest BCUT2D eigenvalue weighted by atomic mass is 9.93. The van der Waals surface area contributed by atoms with Crippen LogP contribution in [-0.4, -0.2) is 47.0 Å². The fraction of sp³-hybridized carbons (Fsp3) is 0.308. The molecule has 10 heteroatoms. The maximum Gasteiger partial charge on any atom is 0.335 e. The zero-order valence-corrected chi connectivity index (χ0v) is 20.3. The number of halogens is 1. The first-order chi connectivity index (χ1) is 17.3. The van der Waals surface area contributed by atoms with Gasteiger partial charge in [0, 0.05) is 6.04 Å². The zero-order valence-electron chi connectivity index (χ0n) is 19.6. The van der Waals surface area contributed by atoms with Crippen molar-refractivity contribution >= 4 is 41.5 Å². The van der Waals surface area contributed by atoms with Crippen molar-refractivity contribution in [1.82, 2.24) is 10.2 Å². The van der Waals surface area contributed by atoms with Gasteiger partial charge in [0.2, 0.25) is 0 Å². The normalized spacial score (nSPS) is 17.8. The molecule has 188 valence electrons. The number of methoxy groups -OCH3 is 1. The van der Waals surface area contributed by atoms with E-state index in [1.807, 2.05) is 0 Å². The molecular formula is C26H25ClN2O7. The lowest BCUT2D eigenvalue weighted by molar-refractivity contribution is -0.132. The molecule has 2 aromatic rings. The maximum absolute atomic E-state index is 13.1. The second kappa shape index (κ2) is 10.8. The minimum Gasteiger partial charge on any atom is -0.493 e. The van der Waals surface area contributed by atoms with Crippen LogP contribution in [0.25, 0.3) is 6.08 Å². The molecule has 1 heterocycles. The Labute approximate surface area is 212 Å². The Morgan fingerprint density at radius 2 is 1.92 bits per heavy atom. The van der Waals surface area contributed by atoms with Gasteiger partial charge in [0.1, 0.15) is 12.2 Å². The highest BCUT2D eigenvalue weighted by molar-refractivity contribution is 6.33. The summed E-state index contributed by atoms with van der Waals surface area (Å²) < 4.78 is 11.2. The SMILES string of the molecule is COc1cc(C=C2C(=O)NC(=O)N(C3CCCCC3)C2=O)cc(Cl)c1OCc1cccc(C(=O)O)c1. The molecule has 1 saturated heterocycles. The number of hydrogen-bond acceptors (Lipinski definition) is 6. The number of nitrogens with zero attached hydrogens (tertiary/aromatic N) is 1. The summed E-state index contributed by atoms with van der Waals surface area (Å²) in [5.41, 5.74) is 0.995. The maximum atomic E-state index is 13.1. The Morgan fingerprint density at radius 1 is 1.17 bits per heavy atom. The molecule has 1 saturated carbocycles. The van der Waals surface area contributed by atoms with Gasteiger partial charge in [-0.25, -0.2) is 9.59 Å². The van der Waals surface area contributed by atoms with Gasteiger partial charge in [-0.2, -0.15) is 0 Å². The number of rotatable bonds is 7. The first-order valence-corrected chi connectivity index (χ1v) is 11.9. The second-order valence-electron chi connectivity index (χ2n) is 8.61. The van der Waals surface area contributed by atoms with Crippen molar-refractivity contribution in [1.29, 1.82) is 0 Å². The van der Waals surface area contributed by atoms with Crippen LogP contribution in [0.15, 0.2) is 42.0 Å². The number of ether oxygens (including phenoxy) is 2. The number of carbonyl (C=O) groups is 4. The first kappa shape index (κ1) is 25.2. The van der Waals surface area contributed by atoms with E-state index in [-0.39, 0.29) is 40.3 Å².